The molecule has 1 unspecified atom stereocenters. The van der Waals surface area contributed by atoms with E-state index in [4.69, 9.17) is 10.7 Å². The van der Waals surface area contributed by atoms with Gasteiger partial charge in [-0.1, -0.05) is 35.4 Å². The van der Waals surface area contributed by atoms with Gasteiger partial charge in [0, 0.05) is 37.9 Å². The van der Waals surface area contributed by atoms with Gasteiger partial charge >= 0.3 is 0 Å². The quantitative estimate of drug-likeness (QED) is 0.437. The summed E-state index contributed by atoms with van der Waals surface area (Å²) in [7, 11) is 0. The van der Waals surface area contributed by atoms with Gasteiger partial charge in [-0.05, 0) is 51.7 Å². The molecule has 1 saturated heterocycles. The van der Waals surface area contributed by atoms with Crippen molar-refractivity contribution in [3.05, 3.63) is 58.8 Å². The number of pyridine rings is 1. The number of nitrogens with one attached hydrogen (secondary N) is 2. The molecule has 1 fully saturated rings. The topological polar surface area (TPSA) is 95.6 Å². The number of nitrogens with zero attached hydrogens (tertiary/aromatic N) is 3. The minimum absolute atomic E-state index is 0.119. The Morgan fingerprint density at radius 3 is 2.75 bits per heavy atom. The number of hydrogen-bond donors (Lipinski definition) is 3. The van der Waals surface area contributed by atoms with Crippen molar-refractivity contribution in [3.8, 4) is 0 Å². The Morgan fingerprint density at radius 1 is 1.25 bits per heavy atom. The van der Waals surface area contributed by atoms with E-state index < -0.39 is 0 Å². The molecule has 1 atom stereocenters. The van der Waals surface area contributed by atoms with Crippen LogP contribution in [-0.4, -0.2) is 43.0 Å². The summed E-state index contributed by atoms with van der Waals surface area (Å²) < 4.78 is 0. The first-order valence-electron chi connectivity index (χ1n) is 11.5. The first kappa shape index (κ1) is 23.6. The van der Waals surface area contributed by atoms with E-state index in [0.717, 1.165) is 56.2 Å². The third kappa shape index (κ3) is 6.70. The standard InChI is InChI=1S/C25H36N6O/c1-4-27-25(29-11-9-20-14-18(2)13-19(3)15-20)30-16-21-7-5-10-28-24(21)31-12-6-8-22(17-31)23(26)32/h5,7,10,13-15,22H,4,6,8-9,11-12,16-17H2,1-3H3,(H2,26,32)(H2,27,29,30). The van der Waals surface area contributed by atoms with Crippen LogP contribution in [0.3, 0.4) is 0 Å². The summed E-state index contributed by atoms with van der Waals surface area (Å²) in [6, 6.07) is 10.7. The molecule has 0 saturated carbocycles. The number of hydrogen-bond acceptors (Lipinski definition) is 4. The average molecular weight is 437 g/mol. The molecule has 0 aliphatic carbocycles. The molecule has 7 nitrogen and oxygen atoms in total. The van der Waals surface area contributed by atoms with Gasteiger partial charge in [0.25, 0.3) is 0 Å². The smallest absolute Gasteiger partial charge is 0.222 e. The van der Waals surface area contributed by atoms with Crippen molar-refractivity contribution < 1.29 is 4.79 Å². The Hall–Kier alpha value is -3.09. The maximum absolute atomic E-state index is 11.7. The monoisotopic (exact) mass is 436 g/mol. The minimum Gasteiger partial charge on any atom is -0.369 e. The lowest BCUT2D eigenvalue weighted by molar-refractivity contribution is -0.122. The van der Waals surface area contributed by atoms with Crippen molar-refractivity contribution in [2.75, 3.05) is 31.1 Å². The van der Waals surface area contributed by atoms with Crippen LogP contribution in [0.25, 0.3) is 0 Å². The SMILES string of the molecule is CCNC(=NCc1cccnc1N1CCCC(C(N)=O)C1)NCCc1cc(C)cc(C)c1. The number of nitrogens with two attached hydrogens (primary N) is 1. The van der Waals surface area contributed by atoms with Crippen molar-refractivity contribution in [1.29, 1.82) is 0 Å². The normalized spacial score (nSPS) is 16.7. The second kappa shape index (κ2) is 11.5. The number of aromatic nitrogens is 1. The van der Waals surface area contributed by atoms with E-state index >= 15 is 0 Å². The molecule has 1 aromatic carbocycles. The van der Waals surface area contributed by atoms with Gasteiger partial charge in [0.1, 0.15) is 5.82 Å². The van der Waals surface area contributed by atoms with Crippen LogP contribution in [-0.2, 0) is 17.8 Å². The predicted molar refractivity (Wildman–Crippen MR) is 131 cm³/mol. The number of anilines is 1. The highest BCUT2D eigenvalue weighted by molar-refractivity contribution is 5.80. The van der Waals surface area contributed by atoms with Gasteiger partial charge in [-0.25, -0.2) is 9.98 Å². The van der Waals surface area contributed by atoms with E-state index in [1.165, 1.54) is 16.7 Å². The maximum Gasteiger partial charge on any atom is 0.222 e. The van der Waals surface area contributed by atoms with Crippen molar-refractivity contribution in [1.82, 2.24) is 15.6 Å². The number of aliphatic imine (C=N–C) groups is 1. The Morgan fingerprint density at radius 2 is 2.03 bits per heavy atom. The molecule has 1 aliphatic rings. The molecule has 1 amide bonds. The summed E-state index contributed by atoms with van der Waals surface area (Å²) in [5.74, 6) is 1.34. The van der Waals surface area contributed by atoms with E-state index in [-0.39, 0.29) is 11.8 Å². The van der Waals surface area contributed by atoms with Crippen molar-refractivity contribution >= 4 is 17.7 Å². The van der Waals surface area contributed by atoms with Crippen LogP contribution >= 0.6 is 0 Å². The molecule has 3 rings (SSSR count). The summed E-state index contributed by atoms with van der Waals surface area (Å²) >= 11 is 0. The average Bonchev–Trinajstić information content (AvgIpc) is 2.77. The fraction of sp³-hybridized carbons (Fsp3) is 0.480. The zero-order valence-corrected chi connectivity index (χ0v) is 19.5. The van der Waals surface area contributed by atoms with E-state index in [1.807, 2.05) is 6.07 Å². The van der Waals surface area contributed by atoms with Gasteiger partial charge in [-0.3, -0.25) is 4.79 Å². The molecule has 7 heteroatoms. The molecule has 4 N–H and O–H groups in total. The lowest BCUT2D eigenvalue weighted by Crippen LogP contribution is -2.42. The third-order valence-electron chi connectivity index (χ3n) is 5.73. The molecule has 0 radical (unpaired) electrons. The number of carbonyl (C=O) groups is 1. The molecule has 1 aliphatic heterocycles. The summed E-state index contributed by atoms with van der Waals surface area (Å²) in [5, 5.41) is 6.77. The van der Waals surface area contributed by atoms with E-state index in [1.54, 1.807) is 6.20 Å². The molecule has 0 spiro atoms. The lowest BCUT2D eigenvalue weighted by atomic mass is 9.97. The molecular formula is C25H36N6O. The molecular weight excluding hydrogens is 400 g/mol. The van der Waals surface area contributed by atoms with Crippen LogP contribution in [0.5, 0.6) is 0 Å². The summed E-state index contributed by atoms with van der Waals surface area (Å²) in [6.07, 6.45) is 4.52. The third-order valence-corrected chi connectivity index (χ3v) is 5.73. The van der Waals surface area contributed by atoms with Crippen LogP contribution in [0.15, 0.2) is 41.5 Å². The largest absolute Gasteiger partial charge is 0.369 e. The highest BCUT2D eigenvalue weighted by atomic mass is 16.1. The first-order chi connectivity index (χ1) is 15.5. The zero-order valence-electron chi connectivity index (χ0n) is 19.5. The van der Waals surface area contributed by atoms with Gasteiger partial charge in [-0.15, -0.1) is 0 Å². The second-order valence-corrected chi connectivity index (χ2v) is 8.54. The van der Waals surface area contributed by atoms with Gasteiger partial charge in [0.05, 0.1) is 12.5 Å². The van der Waals surface area contributed by atoms with Crippen molar-refractivity contribution in [2.45, 2.75) is 46.6 Å². The van der Waals surface area contributed by atoms with Gasteiger partial charge < -0.3 is 21.3 Å². The van der Waals surface area contributed by atoms with Crippen LogP contribution in [0.4, 0.5) is 5.82 Å². The number of aryl methyl sites for hydroxylation is 2. The molecule has 2 aromatic rings. The minimum atomic E-state index is -0.229. The summed E-state index contributed by atoms with van der Waals surface area (Å²) in [4.78, 5) is 23.2. The van der Waals surface area contributed by atoms with Crippen molar-refractivity contribution in [2.24, 2.45) is 16.6 Å². The molecule has 172 valence electrons. The maximum atomic E-state index is 11.7. The Bertz CT molecular complexity index is 922. The number of rotatable bonds is 8. The number of piperidine rings is 1. The Kier molecular flexibility index (Phi) is 8.48. The number of amides is 1. The Balaban J connectivity index is 1.65. The Labute approximate surface area is 191 Å². The fourth-order valence-corrected chi connectivity index (χ4v) is 4.28. The van der Waals surface area contributed by atoms with Gasteiger partial charge in [0.2, 0.25) is 5.91 Å². The highest BCUT2D eigenvalue weighted by Crippen LogP contribution is 2.25. The van der Waals surface area contributed by atoms with E-state index in [2.05, 4.69) is 65.6 Å². The summed E-state index contributed by atoms with van der Waals surface area (Å²) in [6.45, 7) is 9.95. The number of carbonyl (C=O) groups excluding carboxylic acids is 1. The summed E-state index contributed by atoms with van der Waals surface area (Å²) in [5.41, 5.74) is 10.5. The van der Waals surface area contributed by atoms with E-state index in [0.29, 0.717) is 13.1 Å². The van der Waals surface area contributed by atoms with Crippen molar-refractivity contribution in [3.63, 3.8) is 0 Å². The number of primary amides is 1. The van der Waals surface area contributed by atoms with Crippen LogP contribution in [0.1, 0.15) is 42.0 Å². The predicted octanol–water partition coefficient (Wildman–Crippen LogP) is 2.70. The first-order valence-corrected chi connectivity index (χ1v) is 11.5. The number of benzene rings is 1. The molecule has 32 heavy (non-hydrogen) atoms. The van der Waals surface area contributed by atoms with Crippen LogP contribution in [0.2, 0.25) is 0 Å². The van der Waals surface area contributed by atoms with Crippen LogP contribution < -0.4 is 21.3 Å². The second-order valence-electron chi connectivity index (χ2n) is 8.54. The van der Waals surface area contributed by atoms with Gasteiger partial charge in [-0.2, -0.15) is 0 Å². The lowest BCUT2D eigenvalue weighted by Gasteiger charge is -2.33. The van der Waals surface area contributed by atoms with Gasteiger partial charge in [0.15, 0.2) is 5.96 Å². The van der Waals surface area contributed by atoms with Crippen LogP contribution in [0, 0.1) is 19.8 Å². The van der Waals surface area contributed by atoms with E-state index in [9.17, 15) is 4.79 Å². The number of guanidine groups is 1. The zero-order chi connectivity index (χ0) is 22.9. The molecule has 2 heterocycles. The highest BCUT2D eigenvalue weighted by Gasteiger charge is 2.25. The molecule has 1 aromatic heterocycles. The fourth-order valence-electron chi connectivity index (χ4n) is 4.28. The molecule has 0 bridgehead atoms.